The third-order valence-corrected chi connectivity index (χ3v) is 3.00. The van der Waals surface area contributed by atoms with E-state index in [4.69, 9.17) is 10.8 Å². The molecular formula is C16H16N2O3. The number of amides is 1. The van der Waals surface area contributed by atoms with E-state index in [0.29, 0.717) is 5.69 Å². The molecule has 0 fully saturated rings. The Morgan fingerprint density at radius 1 is 1.19 bits per heavy atom. The molecule has 0 bridgehead atoms. The minimum atomic E-state index is -1.11. The summed E-state index contributed by atoms with van der Waals surface area (Å²) in [4.78, 5) is 23.2. The number of anilines is 2. The first kappa shape index (κ1) is 14.6. The van der Waals surface area contributed by atoms with Crippen molar-refractivity contribution in [2.24, 2.45) is 0 Å². The van der Waals surface area contributed by atoms with Gasteiger partial charge in [0.2, 0.25) is 5.91 Å². The van der Waals surface area contributed by atoms with Crippen molar-refractivity contribution in [2.45, 2.75) is 13.3 Å². The highest BCUT2D eigenvalue weighted by Crippen LogP contribution is 2.19. The van der Waals surface area contributed by atoms with Gasteiger partial charge in [-0.15, -0.1) is 0 Å². The van der Waals surface area contributed by atoms with Crippen LogP contribution in [0.2, 0.25) is 0 Å². The van der Waals surface area contributed by atoms with E-state index in [1.54, 1.807) is 0 Å². The van der Waals surface area contributed by atoms with Gasteiger partial charge in [-0.2, -0.15) is 0 Å². The topological polar surface area (TPSA) is 92.4 Å². The van der Waals surface area contributed by atoms with E-state index in [1.165, 1.54) is 18.2 Å². The molecule has 21 heavy (non-hydrogen) atoms. The van der Waals surface area contributed by atoms with Gasteiger partial charge in [0.1, 0.15) is 0 Å². The van der Waals surface area contributed by atoms with Crippen LogP contribution in [-0.2, 0) is 11.2 Å². The van der Waals surface area contributed by atoms with E-state index in [9.17, 15) is 9.59 Å². The molecule has 0 spiro atoms. The summed E-state index contributed by atoms with van der Waals surface area (Å²) in [7, 11) is 0. The van der Waals surface area contributed by atoms with Crippen LogP contribution in [0.1, 0.15) is 21.5 Å². The number of carboxylic acid groups (broad SMARTS) is 1. The summed E-state index contributed by atoms with van der Waals surface area (Å²) in [6.07, 6.45) is 0.176. The van der Waals surface area contributed by atoms with Crippen molar-refractivity contribution in [2.75, 3.05) is 11.1 Å². The Morgan fingerprint density at radius 2 is 1.95 bits per heavy atom. The van der Waals surface area contributed by atoms with Crippen LogP contribution in [0.3, 0.4) is 0 Å². The van der Waals surface area contributed by atoms with Crippen molar-refractivity contribution in [1.29, 1.82) is 0 Å². The standard InChI is InChI=1S/C16H16N2O3/c1-10-3-2-4-11(7-10)8-15(19)18-14-9-12(17)5-6-13(14)16(20)21/h2-7,9H,8,17H2,1H3,(H,18,19)(H,20,21). The first-order valence-corrected chi connectivity index (χ1v) is 6.44. The lowest BCUT2D eigenvalue weighted by atomic mass is 10.1. The summed E-state index contributed by atoms with van der Waals surface area (Å²) in [6.45, 7) is 1.95. The summed E-state index contributed by atoms with van der Waals surface area (Å²) in [5, 5.41) is 11.7. The Kier molecular flexibility index (Phi) is 4.23. The zero-order chi connectivity index (χ0) is 15.4. The van der Waals surface area contributed by atoms with Crippen LogP contribution in [0.15, 0.2) is 42.5 Å². The molecule has 108 valence electrons. The minimum Gasteiger partial charge on any atom is -0.478 e. The van der Waals surface area contributed by atoms with Crippen molar-refractivity contribution < 1.29 is 14.7 Å². The van der Waals surface area contributed by atoms with E-state index in [2.05, 4.69) is 5.32 Å². The Labute approximate surface area is 122 Å². The molecule has 5 nitrogen and oxygen atoms in total. The average Bonchev–Trinajstić information content (AvgIpc) is 2.38. The van der Waals surface area contributed by atoms with Gasteiger partial charge in [0, 0.05) is 5.69 Å². The van der Waals surface area contributed by atoms with E-state index in [-0.39, 0.29) is 23.6 Å². The molecule has 0 aromatic heterocycles. The quantitative estimate of drug-likeness (QED) is 0.752. The monoisotopic (exact) mass is 284 g/mol. The van der Waals surface area contributed by atoms with E-state index in [0.717, 1.165) is 11.1 Å². The maximum Gasteiger partial charge on any atom is 0.337 e. The third-order valence-electron chi connectivity index (χ3n) is 3.00. The van der Waals surface area contributed by atoms with Crippen molar-refractivity contribution in [1.82, 2.24) is 0 Å². The number of aromatic carboxylic acids is 1. The zero-order valence-electron chi connectivity index (χ0n) is 11.6. The molecule has 5 heteroatoms. The number of rotatable bonds is 4. The fraction of sp³-hybridized carbons (Fsp3) is 0.125. The molecule has 2 aromatic carbocycles. The smallest absolute Gasteiger partial charge is 0.337 e. The normalized spacial score (nSPS) is 10.1. The van der Waals surface area contributed by atoms with Gasteiger partial charge in [-0.25, -0.2) is 4.79 Å². The second-order valence-corrected chi connectivity index (χ2v) is 4.82. The van der Waals surface area contributed by atoms with Crippen molar-refractivity contribution in [3.63, 3.8) is 0 Å². The fourth-order valence-electron chi connectivity index (χ4n) is 2.05. The summed E-state index contributed by atoms with van der Waals surface area (Å²) in [5.74, 6) is -1.39. The van der Waals surface area contributed by atoms with E-state index < -0.39 is 5.97 Å². The Hall–Kier alpha value is -2.82. The predicted molar refractivity (Wildman–Crippen MR) is 81.3 cm³/mol. The number of hydrogen-bond donors (Lipinski definition) is 3. The van der Waals surface area contributed by atoms with E-state index in [1.807, 2.05) is 31.2 Å². The van der Waals surface area contributed by atoms with Crippen molar-refractivity contribution >= 4 is 23.3 Å². The minimum absolute atomic E-state index is 0.0155. The first-order valence-electron chi connectivity index (χ1n) is 6.44. The number of carboxylic acids is 1. The average molecular weight is 284 g/mol. The number of nitrogens with two attached hydrogens (primary N) is 1. The first-order chi connectivity index (χ1) is 9.95. The molecule has 4 N–H and O–H groups in total. The van der Waals surface area contributed by atoms with Crippen LogP contribution in [0, 0.1) is 6.92 Å². The van der Waals surface area contributed by atoms with Crippen molar-refractivity contribution in [3.8, 4) is 0 Å². The van der Waals surface area contributed by atoms with Crippen LogP contribution in [0.4, 0.5) is 11.4 Å². The second kappa shape index (κ2) is 6.09. The van der Waals surface area contributed by atoms with Gasteiger partial charge < -0.3 is 16.2 Å². The summed E-state index contributed by atoms with van der Waals surface area (Å²) >= 11 is 0. The van der Waals surface area contributed by atoms with Gasteiger partial charge in [-0.1, -0.05) is 29.8 Å². The molecule has 0 heterocycles. The number of nitrogen functional groups attached to an aromatic ring is 1. The Morgan fingerprint density at radius 3 is 2.62 bits per heavy atom. The maximum absolute atomic E-state index is 12.0. The lowest BCUT2D eigenvalue weighted by molar-refractivity contribution is -0.115. The Bertz CT molecular complexity index is 696. The second-order valence-electron chi connectivity index (χ2n) is 4.82. The van der Waals surface area contributed by atoms with Crippen LogP contribution >= 0.6 is 0 Å². The summed E-state index contributed by atoms with van der Waals surface area (Å²) in [6, 6.07) is 11.9. The molecule has 0 atom stereocenters. The molecule has 1 amide bonds. The Balaban J connectivity index is 2.16. The van der Waals surface area contributed by atoms with E-state index >= 15 is 0 Å². The number of nitrogens with one attached hydrogen (secondary N) is 1. The fourth-order valence-corrected chi connectivity index (χ4v) is 2.05. The molecule has 0 saturated carbocycles. The largest absolute Gasteiger partial charge is 0.478 e. The lowest BCUT2D eigenvalue weighted by Crippen LogP contribution is -2.17. The van der Waals surface area contributed by atoms with Gasteiger partial charge in [-0.05, 0) is 30.7 Å². The predicted octanol–water partition coefficient (Wildman–Crippen LogP) is 2.46. The van der Waals surface area contributed by atoms with Crippen LogP contribution in [0.5, 0.6) is 0 Å². The third kappa shape index (κ3) is 3.82. The number of carbonyl (C=O) groups excluding carboxylic acids is 1. The van der Waals surface area contributed by atoms with Crippen LogP contribution in [0.25, 0.3) is 0 Å². The number of hydrogen-bond acceptors (Lipinski definition) is 3. The highest BCUT2D eigenvalue weighted by atomic mass is 16.4. The maximum atomic E-state index is 12.0. The summed E-state index contributed by atoms with van der Waals surface area (Å²) in [5.41, 5.74) is 8.18. The van der Waals surface area contributed by atoms with Gasteiger partial charge in [0.25, 0.3) is 0 Å². The molecule has 0 unspecified atom stereocenters. The van der Waals surface area contributed by atoms with Gasteiger partial charge in [-0.3, -0.25) is 4.79 Å². The van der Waals surface area contributed by atoms with Gasteiger partial charge >= 0.3 is 5.97 Å². The molecule has 2 rings (SSSR count). The molecule has 0 radical (unpaired) electrons. The molecule has 0 aliphatic carbocycles. The SMILES string of the molecule is Cc1cccc(CC(=O)Nc2cc(N)ccc2C(=O)O)c1. The van der Waals surface area contributed by atoms with Crippen molar-refractivity contribution in [3.05, 3.63) is 59.2 Å². The lowest BCUT2D eigenvalue weighted by Gasteiger charge is -2.09. The molecule has 0 saturated heterocycles. The highest BCUT2D eigenvalue weighted by molar-refractivity contribution is 6.01. The van der Waals surface area contributed by atoms with Crippen LogP contribution < -0.4 is 11.1 Å². The number of benzene rings is 2. The molecular weight excluding hydrogens is 268 g/mol. The summed E-state index contributed by atoms with van der Waals surface area (Å²) < 4.78 is 0. The van der Waals surface area contributed by atoms with Gasteiger partial charge in [0.15, 0.2) is 0 Å². The van der Waals surface area contributed by atoms with Crippen LogP contribution in [-0.4, -0.2) is 17.0 Å². The molecule has 0 aliphatic heterocycles. The highest BCUT2D eigenvalue weighted by Gasteiger charge is 2.13. The zero-order valence-corrected chi connectivity index (χ0v) is 11.6. The molecule has 0 aliphatic rings. The number of carbonyl (C=O) groups is 2. The molecule has 2 aromatic rings. The van der Waals surface area contributed by atoms with Gasteiger partial charge in [0.05, 0.1) is 17.7 Å². The number of aryl methyl sites for hydroxylation is 1.